The Morgan fingerprint density at radius 3 is 2.50 bits per heavy atom. The number of thioether (sulfide) groups is 1. The third-order valence-corrected chi connectivity index (χ3v) is 3.14. The molecule has 4 nitrogen and oxygen atoms in total. The van der Waals surface area contributed by atoms with Gasteiger partial charge in [0.25, 0.3) is 5.91 Å². The van der Waals surface area contributed by atoms with Gasteiger partial charge < -0.3 is 11.1 Å². The Labute approximate surface area is 110 Å². The maximum absolute atomic E-state index is 11.9. The van der Waals surface area contributed by atoms with Crippen molar-refractivity contribution in [1.29, 1.82) is 0 Å². The summed E-state index contributed by atoms with van der Waals surface area (Å²) in [6.07, 6.45) is 3.47. The highest BCUT2D eigenvalue weighted by atomic mass is 32.2. The van der Waals surface area contributed by atoms with Crippen LogP contribution in [0.5, 0.6) is 0 Å². The van der Waals surface area contributed by atoms with Gasteiger partial charge in [0.1, 0.15) is 5.82 Å². The van der Waals surface area contributed by atoms with Crippen LogP contribution in [0, 0.1) is 0 Å². The van der Waals surface area contributed by atoms with Gasteiger partial charge >= 0.3 is 0 Å². The second kappa shape index (κ2) is 5.55. The first-order valence-corrected chi connectivity index (χ1v) is 6.58. The lowest BCUT2D eigenvalue weighted by atomic mass is 10.2. The quantitative estimate of drug-likeness (QED) is 0.831. The molecule has 3 N–H and O–H groups in total. The lowest BCUT2D eigenvalue weighted by molar-refractivity contribution is 0.102. The molecule has 18 heavy (non-hydrogen) atoms. The van der Waals surface area contributed by atoms with Gasteiger partial charge in [-0.25, -0.2) is 4.98 Å². The van der Waals surface area contributed by atoms with Crippen molar-refractivity contribution in [3.05, 3.63) is 48.2 Å². The predicted molar refractivity (Wildman–Crippen MR) is 74.8 cm³/mol. The third-order valence-electron chi connectivity index (χ3n) is 2.40. The average molecular weight is 259 g/mol. The molecule has 2 aromatic rings. The van der Waals surface area contributed by atoms with Crippen LogP contribution in [0.1, 0.15) is 10.4 Å². The molecule has 92 valence electrons. The molecule has 0 fully saturated rings. The Bertz CT molecular complexity index is 537. The fourth-order valence-corrected chi connectivity index (χ4v) is 1.83. The van der Waals surface area contributed by atoms with Gasteiger partial charge in [0, 0.05) is 16.8 Å². The zero-order valence-electron chi connectivity index (χ0n) is 9.88. The van der Waals surface area contributed by atoms with Crippen LogP contribution in [-0.2, 0) is 0 Å². The molecule has 0 saturated carbocycles. The summed E-state index contributed by atoms with van der Waals surface area (Å²) in [5.74, 6) is 0.204. The molecule has 0 aliphatic carbocycles. The Morgan fingerprint density at radius 2 is 1.94 bits per heavy atom. The van der Waals surface area contributed by atoms with Crippen molar-refractivity contribution in [1.82, 2.24) is 4.98 Å². The number of nitrogens with two attached hydrogens (primary N) is 1. The van der Waals surface area contributed by atoms with Crippen LogP contribution >= 0.6 is 11.8 Å². The number of carbonyl (C=O) groups excluding carboxylic acids is 1. The summed E-state index contributed by atoms with van der Waals surface area (Å²) >= 11 is 1.66. The van der Waals surface area contributed by atoms with Gasteiger partial charge in [0.05, 0.1) is 5.56 Å². The summed E-state index contributed by atoms with van der Waals surface area (Å²) in [6, 6.07) is 10.9. The van der Waals surface area contributed by atoms with Crippen LogP contribution < -0.4 is 11.1 Å². The highest BCUT2D eigenvalue weighted by Crippen LogP contribution is 2.18. The monoisotopic (exact) mass is 259 g/mol. The number of benzene rings is 1. The van der Waals surface area contributed by atoms with Gasteiger partial charge in [0.2, 0.25) is 0 Å². The highest BCUT2D eigenvalue weighted by Gasteiger charge is 2.06. The summed E-state index contributed by atoms with van der Waals surface area (Å²) in [5, 5.41) is 2.80. The van der Waals surface area contributed by atoms with Gasteiger partial charge in [-0.2, -0.15) is 0 Å². The number of aromatic nitrogens is 1. The maximum atomic E-state index is 11.9. The minimum Gasteiger partial charge on any atom is -0.384 e. The summed E-state index contributed by atoms with van der Waals surface area (Å²) in [6.45, 7) is 0. The van der Waals surface area contributed by atoms with E-state index in [0.717, 1.165) is 10.6 Å². The molecular weight excluding hydrogens is 246 g/mol. The van der Waals surface area contributed by atoms with Crippen molar-refractivity contribution < 1.29 is 4.79 Å². The second-order valence-corrected chi connectivity index (χ2v) is 4.53. The first kappa shape index (κ1) is 12.4. The Balaban J connectivity index is 2.08. The van der Waals surface area contributed by atoms with Crippen molar-refractivity contribution in [3.63, 3.8) is 0 Å². The lowest BCUT2D eigenvalue weighted by Crippen LogP contribution is -2.12. The number of rotatable bonds is 3. The highest BCUT2D eigenvalue weighted by molar-refractivity contribution is 7.98. The standard InChI is InChI=1S/C13H13N3OS/c1-18-11-5-3-10(4-6-11)16-13(17)9-2-7-12(14)15-8-9/h2-8H,1H3,(H2,14,15)(H,16,17). The van der Waals surface area contributed by atoms with Gasteiger partial charge in [0.15, 0.2) is 0 Å². The third kappa shape index (κ3) is 3.01. The minimum absolute atomic E-state index is 0.195. The molecule has 1 heterocycles. The summed E-state index contributed by atoms with van der Waals surface area (Å²) in [5.41, 5.74) is 6.71. The molecule has 0 saturated heterocycles. The summed E-state index contributed by atoms with van der Waals surface area (Å²) in [4.78, 5) is 16.9. The van der Waals surface area contributed by atoms with E-state index in [1.807, 2.05) is 30.5 Å². The normalized spacial score (nSPS) is 10.1. The molecule has 1 aromatic heterocycles. The van der Waals surface area contributed by atoms with E-state index in [0.29, 0.717) is 11.4 Å². The van der Waals surface area contributed by atoms with Crippen LogP contribution in [0.15, 0.2) is 47.5 Å². The molecule has 2 rings (SSSR count). The van der Waals surface area contributed by atoms with E-state index in [1.165, 1.54) is 6.20 Å². The number of pyridine rings is 1. The van der Waals surface area contributed by atoms with Crippen molar-refractivity contribution in [2.24, 2.45) is 0 Å². The molecule has 0 radical (unpaired) electrons. The molecule has 1 aromatic carbocycles. The van der Waals surface area contributed by atoms with Gasteiger partial charge in [-0.1, -0.05) is 0 Å². The summed E-state index contributed by atoms with van der Waals surface area (Å²) < 4.78 is 0. The summed E-state index contributed by atoms with van der Waals surface area (Å²) in [7, 11) is 0. The fourth-order valence-electron chi connectivity index (χ4n) is 1.42. The zero-order valence-corrected chi connectivity index (χ0v) is 10.7. The number of nitrogen functional groups attached to an aromatic ring is 1. The van der Waals surface area contributed by atoms with E-state index in [2.05, 4.69) is 10.3 Å². The number of nitrogens with zero attached hydrogens (tertiary/aromatic N) is 1. The molecule has 0 spiro atoms. The van der Waals surface area contributed by atoms with Gasteiger partial charge in [-0.05, 0) is 42.7 Å². The SMILES string of the molecule is CSc1ccc(NC(=O)c2ccc(N)nc2)cc1. The number of amides is 1. The Hall–Kier alpha value is -2.01. The van der Waals surface area contributed by atoms with Gasteiger partial charge in [-0.15, -0.1) is 11.8 Å². The van der Waals surface area contributed by atoms with Crippen LogP contribution in [0.4, 0.5) is 11.5 Å². The molecule has 0 bridgehead atoms. The number of anilines is 2. The lowest BCUT2D eigenvalue weighted by Gasteiger charge is -2.05. The predicted octanol–water partition coefficient (Wildman–Crippen LogP) is 2.64. The number of carbonyl (C=O) groups is 1. The first-order chi connectivity index (χ1) is 8.69. The van der Waals surface area contributed by atoms with E-state index >= 15 is 0 Å². The second-order valence-electron chi connectivity index (χ2n) is 3.65. The molecule has 1 amide bonds. The molecule has 0 aliphatic heterocycles. The Morgan fingerprint density at radius 1 is 1.22 bits per heavy atom. The molecule has 5 heteroatoms. The molecule has 0 aliphatic rings. The van der Waals surface area contributed by atoms with E-state index in [-0.39, 0.29) is 5.91 Å². The van der Waals surface area contributed by atoms with Crippen molar-refractivity contribution in [3.8, 4) is 0 Å². The Kier molecular flexibility index (Phi) is 3.84. The van der Waals surface area contributed by atoms with Crippen LogP contribution in [0.25, 0.3) is 0 Å². The van der Waals surface area contributed by atoms with Crippen molar-refractivity contribution in [2.75, 3.05) is 17.3 Å². The van der Waals surface area contributed by atoms with Crippen LogP contribution in [-0.4, -0.2) is 17.1 Å². The zero-order chi connectivity index (χ0) is 13.0. The minimum atomic E-state index is -0.195. The molecule has 0 unspecified atom stereocenters. The fraction of sp³-hybridized carbons (Fsp3) is 0.0769. The van der Waals surface area contributed by atoms with E-state index in [9.17, 15) is 4.79 Å². The maximum Gasteiger partial charge on any atom is 0.257 e. The van der Waals surface area contributed by atoms with Crippen LogP contribution in [0.2, 0.25) is 0 Å². The first-order valence-electron chi connectivity index (χ1n) is 5.36. The van der Waals surface area contributed by atoms with Crippen molar-refractivity contribution >= 4 is 29.2 Å². The van der Waals surface area contributed by atoms with Gasteiger partial charge in [-0.3, -0.25) is 4.79 Å². The van der Waals surface area contributed by atoms with Crippen LogP contribution in [0.3, 0.4) is 0 Å². The number of hydrogen-bond donors (Lipinski definition) is 2. The van der Waals surface area contributed by atoms with E-state index < -0.39 is 0 Å². The molecular formula is C13H13N3OS. The smallest absolute Gasteiger partial charge is 0.257 e. The number of hydrogen-bond acceptors (Lipinski definition) is 4. The topological polar surface area (TPSA) is 68.0 Å². The molecule has 0 atom stereocenters. The average Bonchev–Trinajstić information content (AvgIpc) is 2.40. The van der Waals surface area contributed by atoms with Crippen molar-refractivity contribution in [2.45, 2.75) is 4.90 Å². The largest absolute Gasteiger partial charge is 0.384 e. The number of nitrogens with one attached hydrogen (secondary N) is 1. The van der Waals surface area contributed by atoms with E-state index in [1.54, 1.807) is 23.9 Å². The van der Waals surface area contributed by atoms with E-state index in [4.69, 9.17) is 5.73 Å².